The molecule has 0 spiro atoms. The van der Waals surface area contributed by atoms with E-state index in [0.29, 0.717) is 18.4 Å². The Morgan fingerprint density at radius 2 is 1.96 bits per heavy atom. The number of rotatable bonds is 5. The zero-order chi connectivity index (χ0) is 19.5. The van der Waals surface area contributed by atoms with Gasteiger partial charge >= 0.3 is 0 Å². The maximum atomic E-state index is 13.0. The van der Waals surface area contributed by atoms with Crippen LogP contribution in [0, 0.1) is 5.92 Å². The van der Waals surface area contributed by atoms with Gasteiger partial charge in [0.05, 0.1) is 17.2 Å². The van der Waals surface area contributed by atoms with Crippen LogP contribution in [0.25, 0.3) is 10.9 Å². The Bertz CT molecular complexity index is 954. The molecular formula is C23H26N4O. The van der Waals surface area contributed by atoms with Gasteiger partial charge in [0.1, 0.15) is 0 Å². The Kier molecular flexibility index (Phi) is 5.37. The summed E-state index contributed by atoms with van der Waals surface area (Å²) >= 11 is 0. The van der Waals surface area contributed by atoms with E-state index in [1.807, 2.05) is 43.3 Å². The Labute approximate surface area is 165 Å². The highest BCUT2D eigenvalue weighted by Crippen LogP contribution is 2.33. The molecule has 0 saturated carbocycles. The van der Waals surface area contributed by atoms with Crippen LogP contribution in [0.4, 0.5) is 5.69 Å². The number of likely N-dealkylation sites (tertiary alicyclic amines) is 1. The summed E-state index contributed by atoms with van der Waals surface area (Å²) in [5.74, 6) is 0.725. The fourth-order valence-corrected chi connectivity index (χ4v) is 4.15. The Hall–Kier alpha value is -2.76. The molecule has 4 rings (SSSR count). The molecule has 1 aliphatic rings. The lowest BCUT2D eigenvalue weighted by Gasteiger charge is -2.24. The fraction of sp³-hybridized carbons (Fsp3) is 0.304. The highest BCUT2D eigenvalue weighted by atomic mass is 16.2. The van der Waals surface area contributed by atoms with E-state index in [0.717, 1.165) is 29.7 Å². The number of pyridine rings is 1. The number of benzene rings is 2. The van der Waals surface area contributed by atoms with Gasteiger partial charge in [0.25, 0.3) is 0 Å². The van der Waals surface area contributed by atoms with Gasteiger partial charge in [-0.15, -0.1) is 0 Å². The standard InChI is InChI=1S/C23H26N4O/c1-16(23(28)26-22-11-5-10-21-19(22)9-6-12-25-21)27-14-18(13-24)20(15-27)17-7-3-2-4-8-17/h2-12,16,18,20H,13-15,24H2,1H3,(H,26,28)/t16?,18-,20+/m1/s1. The van der Waals surface area contributed by atoms with Crippen molar-refractivity contribution in [2.24, 2.45) is 11.7 Å². The Morgan fingerprint density at radius 1 is 1.14 bits per heavy atom. The number of nitrogens with two attached hydrogens (primary N) is 1. The summed E-state index contributed by atoms with van der Waals surface area (Å²) in [5.41, 5.74) is 9.03. The summed E-state index contributed by atoms with van der Waals surface area (Å²) in [4.78, 5) is 19.6. The van der Waals surface area contributed by atoms with Gasteiger partial charge in [-0.1, -0.05) is 36.4 Å². The van der Waals surface area contributed by atoms with Crippen molar-refractivity contribution >= 4 is 22.5 Å². The number of carbonyl (C=O) groups is 1. The normalized spacial score (nSPS) is 20.9. The van der Waals surface area contributed by atoms with E-state index >= 15 is 0 Å². The van der Waals surface area contributed by atoms with Crippen molar-refractivity contribution in [2.45, 2.75) is 18.9 Å². The maximum Gasteiger partial charge on any atom is 0.241 e. The zero-order valence-corrected chi connectivity index (χ0v) is 16.1. The highest BCUT2D eigenvalue weighted by molar-refractivity contribution is 6.02. The molecule has 1 saturated heterocycles. The SMILES string of the molecule is CC(C(=O)Nc1cccc2ncccc12)N1C[C@@H](CN)[C@H](c2ccccc2)C1. The molecule has 5 heteroatoms. The molecule has 3 atom stereocenters. The topological polar surface area (TPSA) is 71.2 Å². The fourth-order valence-electron chi connectivity index (χ4n) is 4.15. The summed E-state index contributed by atoms with van der Waals surface area (Å²) in [6.45, 7) is 4.28. The molecule has 1 fully saturated rings. The lowest BCUT2D eigenvalue weighted by Crippen LogP contribution is -2.41. The van der Waals surface area contributed by atoms with Gasteiger partial charge in [0.2, 0.25) is 5.91 Å². The molecule has 0 bridgehead atoms. The molecule has 0 aliphatic carbocycles. The zero-order valence-electron chi connectivity index (χ0n) is 16.1. The van der Waals surface area contributed by atoms with Gasteiger partial charge in [-0.3, -0.25) is 14.7 Å². The minimum Gasteiger partial charge on any atom is -0.330 e. The van der Waals surface area contributed by atoms with Crippen LogP contribution in [-0.2, 0) is 4.79 Å². The van der Waals surface area contributed by atoms with E-state index in [-0.39, 0.29) is 11.9 Å². The molecule has 3 aromatic rings. The van der Waals surface area contributed by atoms with E-state index in [9.17, 15) is 4.79 Å². The first kappa shape index (κ1) is 18.6. The van der Waals surface area contributed by atoms with E-state index in [2.05, 4.69) is 39.5 Å². The molecule has 1 aliphatic heterocycles. The second-order valence-corrected chi connectivity index (χ2v) is 7.51. The summed E-state index contributed by atoms with van der Waals surface area (Å²) in [6, 6.07) is 19.9. The summed E-state index contributed by atoms with van der Waals surface area (Å²) in [5, 5.41) is 4.05. The number of fused-ring (bicyclic) bond motifs is 1. The smallest absolute Gasteiger partial charge is 0.241 e. The monoisotopic (exact) mass is 374 g/mol. The van der Waals surface area contributed by atoms with Crippen LogP contribution in [0.1, 0.15) is 18.4 Å². The first-order valence-electron chi connectivity index (χ1n) is 9.81. The van der Waals surface area contributed by atoms with Crippen molar-refractivity contribution in [3.05, 3.63) is 72.4 Å². The molecular weight excluding hydrogens is 348 g/mol. The van der Waals surface area contributed by atoms with Crippen LogP contribution in [0.3, 0.4) is 0 Å². The number of anilines is 1. The second kappa shape index (κ2) is 8.09. The van der Waals surface area contributed by atoms with Crippen molar-refractivity contribution in [3.8, 4) is 0 Å². The molecule has 0 radical (unpaired) electrons. The molecule has 1 aromatic heterocycles. The van der Waals surface area contributed by atoms with Crippen molar-refractivity contribution in [1.29, 1.82) is 0 Å². The second-order valence-electron chi connectivity index (χ2n) is 7.51. The van der Waals surface area contributed by atoms with Crippen LogP contribution in [-0.4, -0.2) is 41.5 Å². The first-order chi connectivity index (χ1) is 13.7. The average molecular weight is 374 g/mol. The summed E-state index contributed by atoms with van der Waals surface area (Å²) in [7, 11) is 0. The number of nitrogens with zero attached hydrogens (tertiary/aromatic N) is 2. The van der Waals surface area contributed by atoms with Crippen molar-refractivity contribution in [2.75, 3.05) is 25.0 Å². The number of hydrogen-bond acceptors (Lipinski definition) is 4. The van der Waals surface area contributed by atoms with Crippen LogP contribution >= 0.6 is 0 Å². The van der Waals surface area contributed by atoms with Crippen LogP contribution in [0.2, 0.25) is 0 Å². The third-order valence-electron chi connectivity index (χ3n) is 5.83. The van der Waals surface area contributed by atoms with Gasteiger partial charge in [-0.25, -0.2) is 0 Å². The molecule has 2 aromatic carbocycles. The molecule has 2 heterocycles. The maximum absolute atomic E-state index is 13.0. The van der Waals surface area contributed by atoms with E-state index in [1.165, 1.54) is 5.56 Å². The summed E-state index contributed by atoms with van der Waals surface area (Å²) in [6.07, 6.45) is 1.76. The van der Waals surface area contributed by atoms with Gasteiger partial charge in [-0.2, -0.15) is 0 Å². The quantitative estimate of drug-likeness (QED) is 0.719. The van der Waals surface area contributed by atoms with Crippen molar-refractivity contribution < 1.29 is 4.79 Å². The van der Waals surface area contributed by atoms with Crippen LogP contribution in [0.15, 0.2) is 66.9 Å². The highest BCUT2D eigenvalue weighted by Gasteiger charge is 2.36. The predicted molar refractivity (Wildman–Crippen MR) is 113 cm³/mol. The molecule has 28 heavy (non-hydrogen) atoms. The molecule has 5 nitrogen and oxygen atoms in total. The Balaban J connectivity index is 1.49. The van der Waals surface area contributed by atoms with Crippen molar-refractivity contribution in [1.82, 2.24) is 9.88 Å². The summed E-state index contributed by atoms with van der Waals surface area (Å²) < 4.78 is 0. The van der Waals surface area contributed by atoms with Crippen LogP contribution < -0.4 is 11.1 Å². The van der Waals surface area contributed by atoms with Gasteiger partial charge < -0.3 is 11.1 Å². The molecule has 144 valence electrons. The lowest BCUT2D eigenvalue weighted by atomic mass is 9.89. The number of carbonyl (C=O) groups excluding carboxylic acids is 1. The number of amides is 1. The first-order valence-corrected chi connectivity index (χ1v) is 9.81. The predicted octanol–water partition coefficient (Wildman–Crippen LogP) is 3.24. The Morgan fingerprint density at radius 3 is 2.75 bits per heavy atom. The number of aromatic nitrogens is 1. The van der Waals surface area contributed by atoms with E-state index in [4.69, 9.17) is 5.73 Å². The number of nitrogens with one attached hydrogen (secondary N) is 1. The van der Waals surface area contributed by atoms with Gasteiger partial charge in [0.15, 0.2) is 0 Å². The van der Waals surface area contributed by atoms with Crippen LogP contribution in [0.5, 0.6) is 0 Å². The lowest BCUT2D eigenvalue weighted by molar-refractivity contribution is -0.120. The third kappa shape index (κ3) is 3.63. The molecule has 3 N–H and O–H groups in total. The minimum absolute atomic E-state index is 0.000774. The van der Waals surface area contributed by atoms with Gasteiger partial charge in [-0.05, 0) is 49.2 Å². The van der Waals surface area contributed by atoms with Crippen molar-refractivity contribution in [3.63, 3.8) is 0 Å². The largest absolute Gasteiger partial charge is 0.330 e. The van der Waals surface area contributed by atoms with E-state index < -0.39 is 0 Å². The average Bonchev–Trinajstić information content (AvgIpc) is 3.18. The van der Waals surface area contributed by atoms with E-state index in [1.54, 1.807) is 6.20 Å². The number of hydrogen-bond donors (Lipinski definition) is 2. The molecule has 1 amide bonds. The third-order valence-corrected chi connectivity index (χ3v) is 5.83. The molecule has 1 unspecified atom stereocenters. The van der Waals surface area contributed by atoms with Gasteiger partial charge in [0, 0.05) is 30.6 Å². The minimum atomic E-state index is -0.227.